The summed E-state index contributed by atoms with van der Waals surface area (Å²) in [5.41, 5.74) is 0.746. The zero-order valence-corrected chi connectivity index (χ0v) is 15.1. The normalized spacial score (nSPS) is 33.4. The molecule has 2 saturated heterocycles. The lowest BCUT2D eigenvalue weighted by molar-refractivity contribution is -0.236. The maximum absolute atomic E-state index is 10.7. The highest BCUT2D eigenvalue weighted by atomic mass is 16.8. The van der Waals surface area contributed by atoms with E-state index >= 15 is 0 Å². The zero-order valence-electron chi connectivity index (χ0n) is 15.1. The number of hydrogen-bond acceptors (Lipinski definition) is 5. The van der Waals surface area contributed by atoms with E-state index in [0.717, 1.165) is 5.56 Å². The van der Waals surface area contributed by atoms with Gasteiger partial charge < -0.3 is 24.1 Å². The monoisotopic (exact) mass is 336 g/mol. The minimum Gasteiger partial charge on any atom is -0.390 e. The van der Waals surface area contributed by atoms with Crippen molar-refractivity contribution in [1.29, 1.82) is 0 Å². The Morgan fingerprint density at radius 1 is 1.17 bits per heavy atom. The Bertz CT molecular complexity index is 551. The molecule has 5 atom stereocenters. The number of ether oxygens (including phenoxy) is 4. The van der Waals surface area contributed by atoms with Gasteiger partial charge in [0.2, 0.25) is 0 Å². The number of fused-ring (bicyclic) bond motifs is 1. The average Bonchev–Trinajstić information content (AvgIpc) is 2.96. The number of aliphatic hydroxyl groups is 1. The minimum atomic E-state index is -0.707. The highest BCUT2D eigenvalue weighted by Gasteiger charge is 2.58. The molecule has 1 N–H and O–H groups in total. The van der Waals surface area contributed by atoms with Gasteiger partial charge in [-0.15, -0.1) is 0 Å². The molecule has 2 fully saturated rings. The molecule has 1 aromatic rings. The van der Waals surface area contributed by atoms with E-state index in [9.17, 15) is 5.11 Å². The third-order valence-corrected chi connectivity index (χ3v) is 4.51. The molecule has 0 bridgehead atoms. The van der Waals surface area contributed by atoms with Crippen LogP contribution in [0.15, 0.2) is 30.3 Å². The molecule has 2 aliphatic heterocycles. The van der Waals surface area contributed by atoms with E-state index in [1.54, 1.807) is 0 Å². The first-order valence-electron chi connectivity index (χ1n) is 8.52. The van der Waals surface area contributed by atoms with E-state index in [1.165, 1.54) is 0 Å². The molecule has 3 rings (SSSR count). The van der Waals surface area contributed by atoms with Gasteiger partial charge >= 0.3 is 0 Å². The van der Waals surface area contributed by atoms with Gasteiger partial charge in [-0.1, -0.05) is 51.1 Å². The fourth-order valence-electron chi connectivity index (χ4n) is 3.21. The lowest BCUT2D eigenvalue weighted by Gasteiger charge is -2.34. The van der Waals surface area contributed by atoms with E-state index in [1.807, 2.05) is 65.0 Å². The van der Waals surface area contributed by atoms with Crippen molar-refractivity contribution in [1.82, 2.24) is 0 Å². The van der Waals surface area contributed by atoms with Crippen molar-refractivity contribution in [2.75, 3.05) is 0 Å². The van der Waals surface area contributed by atoms with E-state index in [4.69, 9.17) is 18.9 Å². The molecule has 134 valence electrons. The zero-order chi connectivity index (χ0) is 17.5. The van der Waals surface area contributed by atoms with Gasteiger partial charge in [-0.3, -0.25) is 0 Å². The van der Waals surface area contributed by atoms with Crippen LogP contribution in [0.4, 0.5) is 0 Å². The largest absolute Gasteiger partial charge is 0.390 e. The molecule has 0 radical (unpaired) electrons. The quantitative estimate of drug-likeness (QED) is 0.916. The van der Waals surface area contributed by atoms with Crippen LogP contribution >= 0.6 is 0 Å². The molecular formula is C19H28O5. The first-order valence-corrected chi connectivity index (χ1v) is 8.52. The molecule has 0 unspecified atom stereocenters. The first kappa shape index (κ1) is 17.8. The Morgan fingerprint density at radius 2 is 1.83 bits per heavy atom. The average molecular weight is 336 g/mol. The number of hydrogen-bond donors (Lipinski definition) is 1. The molecule has 2 heterocycles. The summed E-state index contributed by atoms with van der Waals surface area (Å²) in [4.78, 5) is 0. The maximum atomic E-state index is 10.7. The van der Waals surface area contributed by atoms with Gasteiger partial charge in [-0.25, -0.2) is 0 Å². The van der Waals surface area contributed by atoms with Crippen LogP contribution < -0.4 is 0 Å². The Labute approximate surface area is 143 Å². The summed E-state index contributed by atoms with van der Waals surface area (Å²) in [6, 6.07) is 9.95. The second kappa shape index (κ2) is 6.39. The second-order valence-corrected chi connectivity index (χ2v) is 8.14. The molecule has 24 heavy (non-hydrogen) atoms. The van der Waals surface area contributed by atoms with Crippen molar-refractivity contribution in [3.05, 3.63) is 35.9 Å². The van der Waals surface area contributed by atoms with Gasteiger partial charge in [-0.2, -0.15) is 0 Å². The minimum absolute atomic E-state index is 0.326. The smallest absolute Gasteiger partial charge is 0.190 e. The van der Waals surface area contributed by atoms with Crippen LogP contribution in [0.25, 0.3) is 0 Å². The third-order valence-electron chi connectivity index (χ3n) is 4.51. The van der Waals surface area contributed by atoms with E-state index < -0.39 is 24.3 Å². The molecule has 1 aromatic carbocycles. The van der Waals surface area contributed by atoms with E-state index in [0.29, 0.717) is 6.61 Å². The molecule has 0 aromatic heterocycles. The van der Waals surface area contributed by atoms with Crippen molar-refractivity contribution in [2.24, 2.45) is 5.41 Å². The molecule has 0 aliphatic carbocycles. The fraction of sp³-hybridized carbons (Fsp3) is 0.684. The predicted octanol–water partition coefficient (Wildman–Crippen LogP) is 2.86. The Hall–Kier alpha value is -0.980. The van der Waals surface area contributed by atoms with Crippen LogP contribution in [-0.2, 0) is 25.6 Å². The lowest BCUT2D eigenvalue weighted by Crippen LogP contribution is -2.47. The van der Waals surface area contributed by atoms with E-state index in [2.05, 4.69) is 0 Å². The molecule has 5 heteroatoms. The van der Waals surface area contributed by atoms with Gasteiger partial charge in [0.25, 0.3) is 0 Å². The molecular weight excluding hydrogens is 308 g/mol. The summed E-state index contributed by atoms with van der Waals surface area (Å²) in [6.07, 6.45) is -2.40. The second-order valence-electron chi connectivity index (χ2n) is 8.14. The molecule has 2 aliphatic rings. The van der Waals surface area contributed by atoms with Crippen LogP contribution in [0.5, 0.6) is 0 Å². The lowest BCUT2D eigenvalue weighted by atomic mass is 9.84. The van der Waals surface area contributed by atoms with Gasteiger partial charge in [0, 0.05) is 0 Å². The molecule has 0 amide bonds. The van der Waals surface area contributed by atoms with Crippen molar-refractivity contribution >= 4 is 0 Å². The van der Waals surface area contributed by atoms with Crippen LogP contribution in [0, 0.1) is 5.41 Å². The summed E-state index contributed by atoms with van der Waals surface area (Å²) in [5, 5.41) is 10.7. The van der Waals surface area contributed by atoms with Crippen molar-refractivity contribution in [2.45, 2.75) is 77.7 Å². The molecule has 0 spiro atoms. The SMILES string of the molecule is CC1(C)O[C@H]2O[C@H]([C@@H](O)C(C)(C)C)[C@@H](OCc3ccccc3)[C@@H]2O1. The molecule has 0 saturated carbocycles. The Balaban J connectivity index is 1.76. The van der Waals surface area contributed by atoms with Crippen LogP contribution in [0.1, 0.15) is 40.2 Å². The number of aliphatic hydroxyl groups excluding tert-OH is 1. The Kier molecular flexibility index (Phi) is 4.75. The molecule has 5 nitrogen and oxygen atoms in total. The van der Waals surface area contributed by atoms with Crippen LogP contribution in [0.3, 0.4) is 0 Å². The number of benzene rings is 1. The van der Waals surface area contributed by atoms with Crippen molar-refractivity contribution in [3.63, 3.8) is 0 Å². The summed E-state index contributed by atoms with van der Waals surface area (Å²) in [7, 11) is 0. The van der Waals surface area contributed by atoms with Crippen LogP contribution in [-0.4, -0.2) is 41.6 Å². The van der Waals surface area contributed by atoms with Gasteiger partial charge in [0.05, 0.1) is 12.7 Å². The highest BCUT2D eigenvalue weighted by Crippen LogP contribution is 2.42. The predicted molar refractivity (Wildman–Crippen MR) is 89.2 cm³/mol. The fourth-order valence-corrected chi connectivity index (χ4v) is 3.21. The summed E-state index contributed by atoms with van der Waals surface area (Å²) in [6.45, 7) is 10.1. The van der Waals surface area contributed by atoms with E-state index in [-0.39, 0.29) is 17.6 Å². The summed E-state index contributed by atoms with van der Waals surface area (Å²) < 4.78 is 23.9. The first-order chi connectivity index (χ1) is 11.2. The summed E-state index contributed by atoms with van der Waals surface area (Å²) >= 11 is 0. The van der Waals surface area contributed by atoms with Crippen LogP contribution in [0.2, 0.25) is 0 Å². The highest BCUT2D eigenvalue weighted by molar-refractivity contribution is 5.13. The Morgan fingerprint density at radius 3 is 2.46 bits per heavy atom. The number of rotatable bonds is 4. The van der Waals surface area contributed by atoms with Gasteiger partial charge in [-0.05, 0) is 24.8 Å². The maximum Gasteiger partial charge on any atom is 0.190 e. The van der Waals surface area contributed by atoms with Crippen molar-refractivity contribution in [3.8, 4) is 0 Å². The van der Waals surface area contributed by atoms with Crippen molar-refractivity contribution < 1.29 is 24.1 Å². The third kappa shape index (κ3) is 3.65. The van der Waals surface area contributed by atoms with Gasteiger partial charge in [0.1, 0.15) is 18.3 Å². The van der Waals surface area contributed by atoms with Gasteiger partial charge in [0.15, 0.2) is 12.1 Å². The topological polar surface area (TPSA) is 57.2 Å². The standard InChI is InChI=1S/C19H28O5/c1-18(2,3)16(20)14-13(21-11-12-9-7-6-8-10-12)15-17(22-14)24-19(4,5)23-15/h6-10,13-17,20H,11H2,1-5H3/t13-,14+,15+,16-,17-/m1/s1. The summed E-state index contributed by atoms with van der Waals surface area (Å²) in [5.74, 6) is -0.707.